The predicted molar refractivity (Wildman–Crippen MR) is 66.3 cm³/mol. The Morgan fingerprint density at radius 3 is 2.81 bits per heavy atom. The van der Waals surface area contributed by atoms with Crippen molar-refractivity contribution >= 4 is 23.1 Å². The zero-order valence-corrected chi connectivity index (χ0v) is 10.5. The number of hydrogen-bond acceptors (Lipinski definition) is 3. The van der Waals surface area contributed by atoms with E-state index in [0.29, 0.717) is 17.0 Å². The second-order valence-corrected chi connectivity index (χ2v) is 4.37. The third-order valence-electron chi connectivity index (χ3n) is 2.54. The number of carbonyl (C=O) groups excluding carboxylic acids is 1. The maximum atomic E-state index is 12.0. The van der Waals surface area contributed by atoms with Crippen molar-refractivity contribution in [3.63, 3.8) is 0 Å². The fraction of sp³-hybridized carbons (Fsp3) is 0.500. The minimum absolute atomic E-state index is 0.0145. The maximum Gasteiger partial charge on any atom is 0.257 e. The van der Waals surface area contributed by atoms with Crippen molar-refractivity contribution < 1.29 is 4.79 Å². The van der Waals surface area contributed by atoms with E-state index < -0.39 is 0 Å². The minimum atomic E-state index is -0.0741. The molecule has 6 heteroatoms. The molecule has 16 heavy (non-hydrogen) atoms. The number of nitrogens with two attached hydrogens (primary N) is 1. The number of carbonyl (C=O) groups is 1. The van der Waals surface area contributed by atoms with Crippen LogP contribution in [0.2, 0.25) is 0 Å². The third-order valence-corrected chi connectivity index (χ3v) is 2.71. The van der Waals surface area contributed by atoms with Gasteiger partial charge in [0.15, 0.2) is 0 Å². The molecule has 1 amide bonds. The number of amides is 1. The number of nitrogens with one attached hydrogen (secondary N) is 1. The third kappa shape index (κ3) is 2.79. The summed E-state index contributed by atoms with van der Waals surface area (Å²) in [4.78, 5) is 14.1. The molecule has 1 aromatic heterocycles. The summed E-state index contributed by atoms with van der Waals surface area (Å²) in [5.41, 5.74) is 6.80. The largest absolute Gasteiger partial charge is 0.393 e. The van der Waals surface area contributed by atoms with E-state index in [0.717, 1.165) is 5.69 Å². The van der Waals surface area contributed by atoms with Crippen LogP contribution in [0, 0.1) is 6.92 Å². The highest BCUT2D eigenvalue weighted by molar-refractivity contribution is 7.80. The quantitative estimate of drug-likeness (QED) is 0.765. The Labute approximate surface area is 100 Å². The fourth-order valence-electron chi connectivity index (χ4n) is 1.38. The molecule has 0 aliphatic carbocycles. The topological polar surface area (TPSA) is 75.0 Å². The molecule has 0 spiro atoms. The molecule has 0 aliphatic rings. The Balaban J connectivity index is 2.75. The maximum absolute atomic E-state index is 12.0. The van der Waals surface area contributed by atoms with Crippen LogP contribution < -0.4 is 5.73 Å². The molecule has 1 rings (SSSR count). The van der Waals surface area contributed by atoms with Crippen molar-refractivity contribution in [2.45, 2.75) is 26.3 Å². The number of H-pyrrole nitrogens is 1. The number of aromatic nitrogens is 2. The molecule has 88 valence electrons. The Kier molecular flexibility index (Phi) is 4.00. The van der Waals surface area contributed by atoms with Crippen LogP contribution in [0.1, 0.15) is 29.4 Å². The van der Waals surface area contributed by atoms with Crippen LogP contribution in [0.3, 0.4) is 0 Å². The summed E-state index contributed by atoms with van der Waals surface area (Å²) in [6.45, 7) is 3.72. The van der Waals surface area contributed by atoms with Crippen LogP contribution in [0.5, 0.6) is 0 Å². The average molecular weight is 240 g/mol. The van der Waals surface area contributed by atoms with E-state index in [1.165, 1.54) is 6.20 Å². The molecule has 1 unspecified atom stereocenters. The Morgan fingerprint density at radius 1 is 1.75 bits per heavy atom. The SMILES string of the molecule is Cc1[nH]ncc1C(=O)N(C)C(C)CC(N)=S. The second-order valence-electron chi connectivity index (χ2n) is 3.84. The van der Waals surface area contributed by atoms with Gasteiger partial charge in [0.25, 0.3) is 5.91 Å². The molecule has 1 atom stereocenters. The first-order chi connectivity index (χ1) is 7.43. The lowest BCUT2D eigenvalue weighted by molar-refractivity contribution is 0.0747. The van der Waals surface area contributed by atoms with E-state index in [2.05, 4.69) is 10.2 Å². The number of aromatic amines is 1. The fourth-order valence-corrected chi connectivity index (χ4v) is 1.63. The molecule has 0 bridgehead atoms. The van der Waals surface area contributed by atoms with Gasteiger partial charge in [0.05, 0.1) is 16.7 Å². The second kappa shape index (κ2) is 5.07. The number of rotatable bonds is 4. The van der Waals surface area contributed by atoms with Gasteiger partial charge in [-0.25, -0.2) is 0 Å². The zero-order chi connectivity index (χ0) is 12.3. The van der Waals surface area contributed by atoms with Crippen LogP contribution in [-0.4, -0.2) is 39.1 Å². The van der Waals surface area contributed by atoms with Gasteiger partial charge in [-0.2, -0.15) is 5.10 Å². The molecular weight excluding hydrogens is 224 g/mol. The van der Waals surface area contributed by atoms with Crippen LogP contribution >= 0.6 is 12.2 Å². The van der Waals surface area contributed by atoms with E-state index in [4.69, 9.17) is 18.0 Å². The standard InChI is InChI=1S/C10H16N4OS/c1-6(4-9(11)16)14(3)10(15)8-5-12-13-7(8)2/h5-6H,4H2,1-3H3,(H2,11,16)(H,12,13). The first-order valence-corrected chi connectivity index (χ1v) is 5.39. The van der Waals surface area contributed by atoms with Gasteiger partial charge in [0.1, 0.15) is 0 Å². The van der Waals surface area contributed by atoms with E-state index in [9.17, 15) is 4.79 Å². The van der Waals surface area contributed by atoms with Crippen LogP contribution in [-0.2, 0) is 0 Å². The predicted octanol–water partition coefficient (Wildman–Crippen LogP) is 0.855. The lowest BCUT2D eigenvalue weighted by Gasteiger charge is -2.24. The summed E-state index contributed by atoms with van der Waals surface area (Å²) in [5.74, 6) is -0.0741. The molecule has 0 aromatic carbocycles. The number of hydrogen-bond donors (Lipinski definition) is 2. The highest BCUT2D eigenvalue weighted by Gasteiger charge is 2.20. The van der Waals surface area contributed by atoms with Crippen molar-refractivity contribution in [3.05, 3.63) is 17.5 Å². The smallest absolute Gasteiger partial charge is 0.257 e. The van der Waals surface area contributed by atoms with Gasteiger partial charge in [0, 0.05) is 25.2 Å². The van der Waals surface area contributed by atoms with Gasteiger partial charge < -0.3 is 10.6 Å². The normalized spacial score (nSPS) is 12.2. The molecular formula is C10H16N4OS. The summed E-state index contributed by atoms with van der Waals surface area (Å²) in [7, 11) is 1.73. The molecule has 3 N–H and O–H groups in total. The summed E-state index contributed by atoms with van der Waals surface area (Å²) in [6, 6.07) is -0.0145. The van der Waals surface area contributed by atoms with Crippen molar-refractivity contribution in [1.82, 2.24) is 15.1 Å². The summed E-state index contributed by atoms with van der Waals surface area (Å²) in [6.07, 6.45) is 2.05. The lowest BCUT2D eigenvalue weighted by Crippen LogP contribution is -2.37. The van der Waals surface area contributed by atoms with Crippen molar-refractivity contribution in [2.75, 3.05) is 7.05 Å². The van der Waals surface area contributed by atoms with Crippen LogP contribution in [0.15, 0.2) is 6.20 Å². The Bertz CT molecular complexity index is 401. The van der Waals surface area contributed by atoms with Crippen molar-refractivity contribution in [1.29, 1.82) is 0 Å². The van der Waals surface area contributed by atoms with Crippen molar-refractivity contribution in [2.24, 2.45) is 5.73 Å². The molecule has 1 aromatic rings. The van der Waals surface area contributed by atoms with Crippen molar-refractivity contribution in [3.8, 4) is 0 Å². The molecule has 0 saturated heterocycles. The zero-order valence-electron chi connectivity index (χ0n) is 9.65. The molecule has 1 heterocycles. The molecule has 0 aliphatic heterocycles. The van der Waals surface area contributed by atoms with Gasteiger partial charge in [-0.1, -0.05) is 12.2 Å². The molecule has 5 nitrogen and oxygen atoms in total. The number of aryl methyl sites for hydroxylation is 1. The highest BCUT2D eigenvalue weighted by atomic mass is 32.1. The monoisotopic (exact) mass is 240 g/mol. The Morgan fingerprint density at radius 2 is 2.38 bits per heavy atom. The molecule has 0 radical (unpaired) electrons. The van der Waals surface area contributed by atoms with Crippen LogP contribution in [0.25, 0.3) is 0 Å². The van der Waals surface area contributed by atoms with Gasteiger partial charge >= 0.3 is 0 Å². The summed E-state index contributed by atoms with van der Waals surface area (Å²) >= 11 is 4.82. The van der Waals surface area contributed by atoms with E-state index in [-0.39, 0.29) is 11.9 Å². The van der Waals surface area contributed by atoms with Gasteiger partial charge in [-0.05, 0) is 13.8 Å². The van der Waals surface area contributed by atoms with Gasteiger partial charge in [-0.3, -0.25) is 9.89 Å². The first kappa shape index (κ1) is 12.6. The Hall–Kier alpha value is -1.43. The number of nitrogens with zero attached hydrogens (tertiary/aromatic N) is 2. The van der Waals surface area contributed by atoms with Gasteiger partial charge in [-0.15, -0.1) is 0 Å². The first-order valence-electron chi connectivity index (χ1n) is 4.99. The highest BCUT2D eigenvalue weighted by Crippen LogP contribution is 2.10. The average Bonchev–Trinajstić information content (AvgIpc) is 2.61. The summed E-state index contributed by atoms with van der Waals surface area (Å²) < 4.78 is 0. The van der Waals surface area contributed by atoms with Crippen LogP contribution in [0.4, 0.5) is 0 Å². The number of thiocarbonyl (C=S) groups is 1. The van der Waals surface area contributed by atoms with E-state index in [1.807, 2.05) is 13.8 Å². The summed E-state index contributed by atoms with van der Waals surface area (Å²) in [5, 5.41) is 6.56. The molecule has 0 saturated carbocycles. The van der Waals surface area contributed by atoms with E-state index >= 15 is 0 Å². The van der Waals surface area contributed by atoms with E-state index in [1.54, 1.807) is 11.9 Å². The molecule has 0 fully saturated rings. The van der Waals surface area contributed by atoms with Gasteiger partial charge in [0.2, 0.25) is 0 Å². The lowest BCUT2D eigenvalue weighted by atomic mass is 10.1. The minimum Gasteiger partial charge on any atom is -0.393 e.